The molecule has 2 aliphatic heterocycles. The summed E-state index contributed by atoms with van der Waals surface area (Å²) in [5, 5.41) is 14.2. The maximum absolute atomic E-state index is 12.6. The summed E-state index contributed by atoms with van der Waals surface area (Å²) in [5.41, 5.74) is 0.304. The van der Waals surface area contributed by atoms with E-state index >= 15 is 0 Å². The first-order valence-electron chi connectivity index (χ1n) is 6.85. The van der Waals surface area contributed by atoms with Crippen LogP contribution in [0.3, 0.4) is 0 Å². The summed E-state index contributed by atoms with van der Waals surface area (Å²) in [4.78, 5) is 10.4. The molecule has 21 heavy (non-hydrogen) atoms. The predicted octanol–water partition coefficient (Wildman–Crippen LogP) is 0.743. The number of nitrogens with one attached hydrogen (secondary N) is 1. The number of rotatable bonds is 3. The molecule has 1 aromatic carbocycles. The van der Waals surface area contributed by atoms with E-state index in [2.05, 4.69) is 5.32 Å². The van der Waals surface area contributed by atoms with Gasteiger partial charge in [0.1, 0.15) is 0 Å². The average molecular weight is 311 g/mol. The van der Waals surface area contributed by atoms with Gasteiger partial charge in [-0.3, -0.25) is 10.1 Å². The van der Waals surface area contributed by atoms with Gasteiger partial charge in [0, 0.05) is 24.7 Å². The fourth-order valence-corrected chi connectivity index (χ4v) is 4.68. The van der Waals surface area contributed by atoms with E-state index in [0.717, 1.165) is 19.2 Å². The number of hydrogen-bond acceptors (Lipinski definition) is 5. The van der Waals surface area contributed by atoms with Crippen LogP contribution in [0, 0.1) is 28.9 Å². The molecule has 2 fully saturated rings. The van der Waals surface area contributed by atoms with Crippen molar-refractivity contribution in [3.05, 3.63) is 33.9 Å². The normalized spacial score (nSPS) is 26.0. The fourth-order valence-electron chi connectivity index (χ4n) is 3.10. The molecule has 0 unspecified atom stereocenters. The first-order chi connectivity index (χ1) is 9.89. The number of nitro groups is 1. The minimum atomic E-state index is -3.65. The summed E-state index contributed by atoms with van der Waals surface area (Å²) < 4.78 is 26.7. The van der Waals surface area contributed by atoms with Crippen LogP contribution < -0.4 is 5.32 Å². The van der Waals surface area contributed by atoms with Crippen LogP contribution in [0.1, 0.15) is 5.56 Å². The number of benzene rings is 1. The molecule has 2 heterocycles. The van der Waals surface area contributed by atoms with Crippen LogP contribution in [-0.2, 0) is 10.0 Å². The Labute approximate surface area is 123 Å². The maximum atomic E-state index is 12.6. The molecule has 2 saturated heterocycles. The van der Waals surface area contributed by atoms with E-state index < -0.39 is 14.9 Å². The molecule has 0 spiro atoms. The molecule has 0 aromatic heterocycles. The van der Waals surface area contributed by atoms with Crippen LogP contribution in [0.15, 0.2) is 23.1 Å². The van der Waals surface area contributed by atoms with Crippen molar-refractivity contribution < 1.29 is 13.3 Å². The second-order valence-electron chi connectivity index (χ2n) is 5.71. The van der Waals surface area contributed by atoms with Gasteiger partial charge in [-0.05, 0) is 37.9 Å². The molecule has 1 N–H and O–H groups in total. The molecule has 2 atom stereocenters. The van der Waals surface area contributed by atoms with Gasteiger partial charge in [0.05, 0.1) is 9.82 Å². The van der Waals surface area contributed by atoms with Crippen LogP contribution in [-0.4, -0.2) is 43.8 Å². The quantitative estimate of drug-likeness (QED) is 0.656. The predicted molar refractivity (Wildman–Crippen MR) is 76.4 cm³/mol. The van der Waals surface area contributed by atoms with E-state index in [1.165, 1.54) is 16.4 Å². The monoisotopic (exact) mass is 311 g/mol. The summed E-state index contributed by atoms with van der Waals surface area (Å²) in [5.74, 6) is 0.695. The Morgan fingerprint density at radius 1 is 1.29 bits per heavy atom. The van der Waals surface area contributed by atoms with E-state index in [0.29, 0.717) is 30.5 Å². The van der Waals surface area contributed by atoms with Crippen LogP contribution in [0.25, 0.3) is 0 Å². The van der Waals surface area contributed by atoms with Gasteiger partial charge in [0.2, 0.25) is 10.0 Å². The lowest BCUT2D eigenvalue weighted by Gasteiger charge is -2.17. The summed E-state index contributed by atoms with van der Waals surface area (Å²) in [6, 6.07) is 4.10. The largest absolute Gasteiger partial charge is 0.316 e. The lowest BCUT2D eigenvalue weighted by atomic mass is 10.0. The molecule has 8 heteroatoms. The lowest BCUT2D eigenvalue weighted by molar-refractivity contribution is -0.385. The number of aryl methyl sites for hydroxylation is 1. The molecule has 2 aliphatic rings. The Balaban J connectivity index is 1.92. The Morgan fingerprint density at radius 3 is 2.48 bits per heavy atom. The molecular weight excluding hydrogens is 294 g/mol. The average Bonchev–Trinajstić information content (AvgIpc) is 2.99. The minimum Gasteiger partial charge on any atom is -0.316 e. The SMILES string of the molecule is Cc1ccc(S(=O)(=O)N2C[C@H]3CNC[C@H]3C2)cc1[N+](=O)[O-]. The van der Waals surface area contributed by atoms with E-state index in [-0.39, 0.29) is 10.6 Å². The molecular formula is C13H17N3O4S. The smallest absolute Gasteiger partial charge is 0.273 e. The number of nitro benzene ring substituents is 1. The van der Waals surface area contributed by atoms with Crippen molar-refractivity contribution in [1.82, 2.24) is 9.62 Å². The van der Waals surface area contributed by atoms with Crippen molar-refractivity contribution in [3.63, 3.8) is 0 Å². The van der Waals surface area contributed by atoms with Crippen LogP contribution in [0.2, 0.25) is 0 Å². The maximum Gasteiger partial charge on any atom is 0.273 e. The number of hydrogen-bond donors (Lipinski definition) is 1. The molecule has 0 amide bonds. The zero-order valence-corrected chi connectivity index (χ0v) is 12.5. The van der Waals surface area contributed by atoms with Gasteiger partial charge in [-0.2, -0.15) is 4.31 Å². The zero-order valence-electron chi connectivity index (χ0n) is 11.7. The minimum absolute atomic E-state index is 0.00716. The number of sulfonamides is 1. The van der Waals surface area contributed by atoms with Gasteiger partial charge < -0.3 is 5.32 Å². The first kappa shape index (κ1) is 14.4. The Morgan fingerprint density at radius 2 is 1.90 bits per heavy atom. The highest BCUT2D eigenvalue weighted by atomic mass is 32.2. The van der Waals surface area contributed by atoms with E-state index in [1.54, 1.807) is 6.92 Å². The van der Waals surface area contributed by atoms with Crippen molar-refractivity contribution in [1.29, 1.82) is 0 Å². The standard InChI is InChI=1S/C13H17N3O4S/c1-9-2-3-12(4-13(9)16(17)18)21(19,20)15-7-10-5-14-6-11(10)8-15/h2-4,10-11,14H,5-8H2,1H3/t10-,11+. The van der Waals surface area contributed by atoms with Crippen LogP contribution >= 0.6 is 0 Å². The summed E-state index contributed by atoms with van der Waals surface area (Å²) in [6.45, 7) is 4.25. The molecule has 3 rings (SSSR count). The van der Waals surface area contributed by atoms with Crippen molar-refractivity contribution in [3.8, 4) is 0 Å². The molecule has 0 aliphatic carbocycles. The lowest BCUT2D eigenvalue weighted by Crippen LogP contribution is -2.32. The van der Waals surface area contributed by atoms with Gasteiger partial charge in [0.15, 0.2) is 0 Å². The molecule has 114 valence electrons. The Hall–Kier alpha value is -1.51. The van der Waals surface area contributed by atoms with Gasteiger partial charge in [-0.1, -0.05) is 6.07 Å². The van der Waals surface area contributed by atoms with Gasteiger partial charge in [-0.15, -0.1) is 0 Å². The third-order valence-electron chi connectivity index (χ3n) is 4.37. The van der Waals surface area contributed by atoms with Gasteiger partial charge in [-0.25, -0.2) is 8.42 Å². The van der Waals surface area contributed by atoms with Crippen LogP contribution in [0.5, 0.6) is 0 Å². The second-order valence-corrected chi connectivity index (χ2v) is 7.64. The highest BCUT2D eigenvalue weighted by molar-refractivity contribution is 7.89. The van der Waals surface area contributed by atoms with Crippen molar-refractivity contribution in [2.24, 2.45) is 11.8 Å². The Bertz CT molecular complexity index is 677. The van der Waals surface area contributed by atoms with E-state index in [4.69, 9.17) is 0 Å². The Kier molecular flexibility index (Phi) is 3.46. The molecule has 0 radical (unpaired) electrons. The van der Waals surface area contributed by atoms with Crippen LogP contribution in [0.4, 0.5) is 5.69 Å². The zero-order chi connectivity index (χ0) is 15.2. The number of fused-ring (bicyclic) bond motifs is 1. The van der Waals surface area contributed by atoms with E-state index in [1.807, 2.05) is 0 Å². The fraction of sp³-hybridized carbons (Fsp3) is 0.538. The molecule has 0 saturated carbocycles. The third kappa shape index (κ3) is 2.43. The second kappa shape index (κ2) is 5.04. The number of nitrogens with zero attached hydrogens (tertiary/aromatic N) is 2. The third-order valence-corrected chi connectivity index (χ3v) is 6.20. The van der Waals surface area contributed by atoms with Gasteiger partial charge >= 0.3 is 0 Å². The highest BCUT2D eigenvalue weighted by Crippen LogP contribution is 2.32. The summed E-state index contributed by atoms with van der Waals surface area (Å²) in [7, 11) is -3.65. The van der Waals surface area contributed by atoms with E-state index in [9.17, 15) is 18.5 Å². The van der Waals surface area contributed by atoms with Crippen molar-refractivity contribution >= 4 is 15.7 Å². The highest BCUT2D eigenvalue weighted by Gasteiger charge is 2.41. The topological polar surface area (TPSA) is 92.6 Å². The van der Waals surface area contributed by atoms with Crippen molar-refractivity contribution in [2.45, 2.75) is 11.8 Å². The molecule has 7 nitrogen and oxygen atoms in total. The first-order valence-corrected chi connectivity index (χ1v) is 8.29. The molecule has 0 bridgehead atoms. The van der Waals surface area contributed by atoms with Gasteiger partial charge in [0.25, 0.3) is 5.69 Å². The summed E-state index contributed by atoms with van der Waals surface area (Å²) >= 11 is 0. The van der Waals surface area contributed by atoms with Crippen molar-refractivity contribution in [2.75, 3.05) is 26.2 Å². The summed E-state index contributed by atoms with van der Waals surface area (Å²) in [6.07, 6.45) is 0. The molecule has 1 aromatic rings.